The average molecular weight is 278 g/mol. The minimum Gasteiger partial charge on any atom is -0.305 e. The molecule has 3 rings (SSSR count). The van der Waals surface area contributed by atoms with Crippen molar-refractivity contribution in [1.29, 1.82) is 0 Å². The molecule has 2 aliphatic heterocycles. The van der Waals surface area contributed by atoms with E-state index in [1.54, 1.807) is 11.8 Å². The van der Waals surface area contributed by atoms with Gasteiger partial charge in [0, 0.05) is 11.3 Å². The molecule has 2 aliphatic rings. The average Bonchev–Trinajstić information content (AvgIpc) is 2.57. The minimum absolute atomic E-state index is 0.0264. The number of amidine groups is 1. The minimum atomic E-state index is 0.0264. The van der Waals surface area contributed by atoms with Crippen LogP contribution in [0, 0.1) is 0 Å². The molecule has 2 heterocycles. The Labute approximate surface area is 117 Å². The predicted molar refractivity (Wildman–Crippen MR) is 82.8 cm³/mol. The third-order valence-corrected chi connectivity index (χ3v) is 5.41. The summed E-state index contributed by atoms with van der Waals surface area (Å²) in [4.78, 5) is 8.81. The molecular formula is C14H18N2S2. The Morgan fingerprint density at radius 3 is 2.72 bits per heavy atom. The fraction of sp³-hybridized carbons (Fsp3) is 0.500. The van der Waals surface area contributed by atoms with Crippen LogP contribution in [-0.2, 0) is 0 Å². The smallest absolute Gasteiger partial charge is 0.165 e. The molecule has 0 saturated carbocycles. The van der Waals surface area contributed by atoms with Crippen molar-refractivity contribution < 1.29 is 0 Å². The highest BCUT2D eigenvalue weighted by Crippen LogP contribution is 2.56. The summed E-state index contributed by atoms with van der Waals surface area (Å²) in [5.41, 5.74) is 1.34. The molecule has 1 atom stereocenters. The van der Waals surface area contributed by atoms with Crippen LogP contribution in [-0.4, -0.2) is 21.8 Å². The largest absolute Gasteiger partial charge is 0.305 e. The van der Waals surface area contributed by atoms with Gasteiger partial charge in [0.25, 0.3) is 0 Å². The van der Waals surface area contributed by atoms with Gasteiger partial charge in [-0.05, 0) is 39.2 Å². The van der Waals surface area contributed by atoms with Crippen molar-refractivity contribution in [2.75, 3.05) is 11.2 Å². The van der Waals surface area contributed by atoms with Gasteiger partial charge in [-0.3, -0.25) is 4.99 Å². The summed E-state index contributed by atoms with van der Waals surface area (Å²) in [5.74, 6) is 0. The molecule has 0 amide bonds. The van der Waals surface area contributed by atoms with Crippen LogP contribution in [0.5, 0.6) is 0 Å². The Morgan fingerprint density at radius 2 is 2.00 bits per heavy atom. The van der Waals surface area contributed by atoms with E-state index in [2.05, 4.69) is 56.2 Å². The van der Waals surface area contributed by atoms with Crippen LogP contribution in [0.25, 0.3) is 0 Å². The molecular weight excluding hydrogens is 260 g/mol. The van der Waals surface area contributed by atoms with E-state index in [1.807, 2.05) is 11.8 Å². The van der Waals surface area contributed by atoms with Crippen LogP contribution in [0.3, 0.4) is 0 Å². The van der Waals surface area contributed by atoms with E-state index in [-0.39, 0.29) is 10.4 Å². The van der Waals surface area contributed by atoms with Gasteiger partial charge in [0.05, 0.1) is 16.1 Å². The lowest BCUT2D eigenvalue weighted by Crippen LogP contribution is -2.52. The second kappa shape index (κ2) is 3.94. The number of rotatable bonds is 0. The maximum absolute atomic E-state index is 4.91. The van der Waals surface area contributed by atoms with Gasteiger partial charge in [0.15, 0.2) is 5.17 Å². The molecule has 0 bridgehead atoms. The number of hydrogen-bond acceptors (Lipinski definition) is 4. The molecule has 4 heteroatoms. The molecule has 0 spiro atoms. The lowest BCUT2D eigenvalue weighted by molar-refractivity contribution is 0.402. The summed E-state index contributed by atoms with van der Waals surface area (Å²) < 4.78 is 0. The first-order valence-electron chi connectivity index (χ1n) is 6.17. The fourth-order valence-electron chi connectivity index (χ4n) is 2.97. The van der Waals surface area contributed by atoms with Gasteiger partial charge < -0.3 is 4.90 Å². The first-order chi connectivity index (χ1) is 8.45. The number of thioether (sulfide) groups is 2. The molecule has 96 valence electrons. The Balaban J connectivity index is 2.15. The molecule has 0 N–H and O–H groups in total. The van der Waals surface area contributed by atoms with Crippen molar-refractivity contribution >= 4 is 34.4 Å². The number of nitrogens with zero attached hydrogens (tertiary/aromatic N) is 2. The lowest BCUT2D eigenvalue weighted by Gasteiger charge is -2.45. The SMILES string of the molecule is CSC1=NC(C)(C)C[C@]2(C)Sc3ccccc3N12. The summed E-state index contributed by atoms with van der Waals surface area (Å²) >= 11 is 3.72. The number of aliphatic imine (C=N–C) groups is 1. The van der Waals surface area contributed by atoms with E-state index < -0.39 is 0 Å². The molecule has 0 aliphatic carbocycles. The second-order valence-corrected chi connectivity index (χ2v) is 7.96. The van der Waals surface area contributed by atoms with E-state index in [0.717, 1.165) is 11.6 Å². The zero-order chi connectivity index (χ0) is 13.0. The summed E-state index contributed by atoms with van der Waals surface area (Å²) in [5, 5.41) is 1.14. The summed E-state index contributed by atoms with van der Waals surface area (Å²) in [6, 6.07) is 8.66. The number of para-hydroxylation sites is 1. The summed E-state index contributed by atoms with van der Waals surface area (Å²) in [6.45, 7) is 6.80. The molecule has 1 aromatic rings. The maximum atomic E-state index is 4.91. The third kappa shape index (κ3) is 1.77. The van der Waals surface area contributed by atoms with Gasteiger partial charge in [-0.2, -0.15) is 0 Å². The molecule has 0 unspecified atom stereocenters. The highest BCUT2D eigenvalue weighted by Gasteiger charge is 2.49. The summed E-state index contributed by atoms with van der Waals surface area (Å²) in [7, 11) is 0. The molecule has 0 radical (unpaired) electrons. The first-order valence-corrected chi connectivity index (χ1v) is 8.21. The van der Waals surface area contributed by atoms with Crippen molar-refractivity contribution in [2.45, 2.75) is 42.5 Å². The zero-order valence-electron chi connectivity index (χ0n) is 11.2. The first kappa shape index (κ1) is 12.4. The van der Waals surface area contributed by atoms with E-state index in [9.17, 15) is 0 Å². The number of fused-ring (bicyclic) bond motifs is 3. The molecule has 1 aromatic carbocycles. The Kier molecular flexibility index (Phi) is 2.72. The number of anilines is 1. The van der Waals surface area contributed by atoms with Crippen molar-refractivity contribution in [2.24, 2.45) is 4.99 Å². The van der Waals surface area contributed by atoms with Crippen molar-refractivity contribution in [3.8, 4) is 0 Å². The quantitative estimate of drug-likeness (QED) is 0.707. The van der Waals surface area contributed by atoms with E-state index >= 15 is 0 Å². The summed E-state index contributed by atoms with van der Waals surface area (Å²) in [6.07, 6.45) is 3.19. The molecule has 0 aromatic heterocycles. The number of hydrogen-bond donors (Lipinski definition) is 0. The van der Waals surface area contributed by atoms with Gasteiger partial charge in [-0.15, -0.1) is 0 Å². The van der Waals surface area contributed by atoms with Crippen LogP contribution in [0.4, 0.5) is 5.69 Å². The highest BCUT2D eigenvalue weighted by molar-refractivity contribution is 8.13. The lowest BCUT2D eigenvalue weighted by atomic mass is 9.94. The van der Waals surface area contributed by atoms with Crippen molar-refractivity contribution in [3.05, 3.63) is 24.3 Å². The van der Waals surface area contributed by atoms with Crippen LogP contribution in [0.2, 0.25) is 0 Å². The van der Waals surface area contributed by atoms with Crippen molar-refractivity contribution in [1.82, 2.24) is 0 Å². The number of benzene rings is 1. The molecule has 18 heavy (non-hydrogen) atoms. The monoisotopic (exact) mass is 278 g/mol. The van der Waals surface area contributed by atoms with Crippen LogP contribution in [0.1, 0.15) is 27.2 Å². The van der Waals surface area contributed by atoms with Gasteiger partial charge in [-0.25, -0.2) is 0 Å². The van der Waals surface area contributed by atoms with Gasteiger partial charge in [0.2, 0.25) is 0 Å². The van der Waals surface area contributed by atoms with E-state index in [1.165, 1.54) is 10.6 Å². The topological polar surface area (TPSA) is 15.6 Å². The van der Waals surface area contributed by atoms with Crippen molar-refractivity contribution in [3.63, 3.8) is 0 Å². The van der Waals surface area contributed by atoms with E-state index in [0.29, 0.717) is 0 Å². The maximum Gasteiger partial charge on any atom is 0.165 e. The second-order valence-electron chi connectivity index (χ2n) is 5.67. The van der Waals surface area contributed by atoms with E-state index in [4.69, 9.17) is 4.99 Å². The van der Waals surface area contributed by atoms with Gasteiger partial charge >= 0.3 is 0 Å². The standard InChI is InChI=1S/C14H18N2S2/c1-13(2)9-14(3)16(12(15-13)17-4)10-7-5-6-8-11(10)18-14/h5-8H,9H2,1-4H3/t14-/m0/s1. The van der Waals surface area contributed by atoms with Gasteiger partial charge in [0.1, 0.15) is 0 Å². The van der Waals surface area contributed by atoms with Gasteiger partial charge in [-0.1, -0.05) is 35.7 Å². The van der Waals surface area contributed by atoms with Crippen LogP contribution >= 0.6 is 23.5 Å². The molecule has 0 saturated heterocycles. The Hall–Kier alpha value is -0.610. The highest BCUT2D eigenvalue weighted by atomic mass is 32.2. The Morgan fingerprint density at radius 1 is 1.28 bits per heavy atom. The Bertz CT molecular complexity index is 524. The fourth-order valence-corrected chi connectivity index (χ4v) is 5.44. The zero-order valence-corrected chi connectivity index (χ0v) is 12.9. The molecule has 2 nitrogen and oxygen atoms in total. The molecule has 0 fully saturated rings. The predicted octanol–water partition coefficient (Wildman–Crippen LogP) is 4.22. The van der Waals surface area contributed by atoms with Crippen LogP contribution < -0.4 is 4.90 Å². The normalized spacial score (nSPS) is 28.7. The van der Waals surface area contributed by atoms with Crippen LogP contribution in [0.15, 0.2) is 34.2 Å². The third-order valence-electron chi connectivity index (χ3n) is 3.44.